The number of nitrogens with one attached hydrogen (secondary N) is 2. The Morgan fingerprint density at radius 2 is 1.96 bits per heavy atom. The van der Waals surface area contributed by atoms with Gasteiger partial charge in [-0.3, -0.25) is 4.79 Å². The third-order valence-electron chi connectivity index (χ3n) is 3.72. The van der Waals surface area contributed by atoms with Crippen LogP contribution in [-0.4, -0.2) is 28.1 Å². The van der Waals surface area contributed by atoms with Crippen LogP contribution in [0.15, 0.2) is 40.9 Å². The molecule has 0 radical (unpaired) electrons. The number of urea groups is 1. The van der Waals surface area contributed by atoms with Gasteiger partial charge in [-0.05, 0) is 32.3 Å². The summed E-state index contributed by atoms with van der Waals surface area (Å²) >= 11 is 0. The molecule has 134 valence electrons. The highest BCUT2D eigenvalue weighted by atomic mass is 16.4. The Bertz CT molecular complexity index is 699. The third kappa shape index (κ3) is 6.29. The van der Waals surface area contributed by atoms with E-state index in [0.717, 1.165) is 5.56 Å². The zero-order valence-electron chi connectivity index (χ0n) is 14.4. The minimum absolute atomic E-state index is 0.00767. The van der Waals surface area contributed by atoms with Crippen molar-refractivity contribution >= 4 is 12.0 Å². The normalized spacial score (nSPS) is 13.0. The van der Waals surface area contributed by atoms with Gasteiger partial charge in [0.25, 0.3) is 0 Å². The molecule has 0 aliphatic heterocycles. The number of benzene rings is 1. The van der Waals surface area contributed by atoms with Crippen molar-refractivity contribution in [2.45, 2.75) is 45.2 Å². The predicted molar refractivity (Wildman–Crippen MR) is 92.1 cm³/mol. The average Bonchev–Trinajstić information content (AvgIpc) is 3.00. The number of nitrogens with zero attached hydrogens (tertiary/aromatic N) is 1. The van der Waals surface area contributed by atoms with E-state index in [1.54, 1.807) is 20.0 Å². The van der Waals surface area contributed by atoms with Gasteiger partial charge >= 0.3 is 12.0 Å². The quantitative estimate of drug-likeness (QED) is 0.682. The van der Waals surface area contributed by atoms with E-state index in [1.807, 2.05) is 30.3 Å². The lowest BCUT2D eigenvalue weighted by molar-refractivity contribution is -0.137. The summed E-state index contributed by atoms with van der Waals surface area (Å²) in [6.07, 6.45) is 2.50. The topological polar surface area (TPSA) is 104 Å². The molecule has 0 fully saturated rings. The maximum atomic E-state index is 12.2. The van der Waals surface area contributed by atoms with Crippen LogP contribution in [0.3, 0.4) is 0 Å². The Labute approximate surface area is 146 Å². The van der Waals surface area contributed by atoms with Gasteiger partial charge in [0, 0.05) is 12.5 Å². The van der Waals surface area contributed by atoms with Gasteiger partial charge in [-0.2, -0.15) is 0 Å². The Kier molecular flexibility index (Phi) is 6.56. The molecule has 0 aliphatic carbocycles. The van der Waals surface area contributed by atoms with Crippen molar-refractivity contribution in [3.05, 3.63) is 53.7 Å². The van der Waals surface area contributed by atoms with Gasteiger partial charge in [-0.25, -0.2) is 9.78 Å². The molecular formula is C18H23N3O4. The van der Waals surface area contributed by atoms with E-state index in [-0.39, 0.29) is 24.5 Å². The first-order valence-corrected chi connectivity index (χ1v) is 8.19. The highest BCUT2D eigenvalue weighted by molar-refractivity contribution is 5.74. The van der Waals surface area contributed by atoms with Gasteiger partial charge < -0.3 is 20.2 Å². The molecule has 2 unspecified atom stereocenters. The number of oxazole rings is 1. The van der Waals surface area contributed by atoms with Crippen LogP contribution in [0.2, 0.25) is 0 Å². The summed E-state index contributed by atoms with van der Waals surface area (Å²) < 4.78 is 5.39. The minimum atomic E-state index is -0.885. The number of carboxylic acid groups (broad SMARTS) is 1. The van der Waals surface area contributed by atoms with Gasteiger partial charge in [0.2, 0.25) is 5.89 Å². The van der Waals surface area contributed by atoms with Crippen molar-refractivity contribution in [1.82, 2.24) is 15.6 Å². The lowest BCUT2D eigenvalue weighted by Crippen LogP contribution is -2.44. The molecule has 25 heavy (non-hydrogen) atoms. The van der Waals surface area contributed by atoms with E-state index in [4.69, 9.17) is 9.52 Å². The van der Waals surface area contributed by atoms with Crippen molar-refractivity contribution in [3.63, 3.8) is 0 Å². The molecule has 1 aromatic carbocycles. The van der Waals surface area contributed by atoms with Crippen molar-refractivity contribution < 1.29 is 19.1 Å². The summed E-state index contributed by atoms with van der Waals surface area (Å²) in [6.45, 7) is 3.55. The van der Waals surface area contributed by atoms with Crippen LogP contribution < -0.4 is 10.6 Å². The molecule has 2 atom stereocenters. The van der Waals surface area contributed by atoms with Crippen molar-refractivity contribution in [1.29, 1.82) is 0 Å². The molecule has 0 bridgehead atoms. The molecule has 1 aromatic heterocycles. The fourth-order valence-electron chi connectivity index (χ4n) is 2.48. The lowest BCUT2D eigenvalue weighted by Gasteiger charge is -2.20. The van der Waals surface area contributed by atoms with Crippen LogP contribution in [0.5, 0.6) is 0 Å². The summed E-state index contributed by atoms with van der Waals surface area (Å²) in [7, 11) is 0. The number of aryl methyl sites for hydroxylation is 1. The van der Waals surface area contributed by atoms with Crippen LogP contribution in [0.1, 0.15) is 43.0 Å². The fraction of sp³-hybridized carbons (Fsp3) is 0.389. The van der Waals surface area contributed by atoms with Gasteiger partial charge in [-0.15, -0.1) is 0 Å². The maximum Gasteiger partial charge on any atom is 0.315 e. The van der Waals surface area contributed by atoms with Crippen LogP contribution in [0, 0.1) is 6.92 Å². The van der Waals surface area contributed by atoms with Crippen molar-refractivity contribution in [2.24, 2.45) is 0 Å². The molecule has 7 nitrogen and oxygen atoms in total. The monoisotopic (exact) mass is 345 g/mol. The smallest absolute Gasteiger partial charge is 0.315 e. The molecule has 0 aliphatic rings. The number of rotatable bonds is 8. The highest BCUT2D eigenvalue weighted by Gasteiger charge is 2.18. The second-order valence-electron chi connectivity index (χ2n) is 5.97. The largest absolute Gasteiger partial charge is 0.481 e. The van der Waals surface area contributed by atoms with Crippen LogP contribution in [0.25, 0.3) is 0 Å². The summed E-state index contributed by atoms with van der Waals surface area (Å²) in [4.78, 5) is 27.2. The molecule has 0 spiro atoms. The van der Waals surface area contributed by atoms with E-state index >= 15 is 0 Å². The number of carbonyl (C=O) groups is 2. The van der Waals surface area contributed by atoms with E-state index in [0.29, 0.717) is 24.5 Å². The summed E-state index contributed by atoms with van der Waals surface area (Å²) in [5.74, 6) is 0.217. The van der Waals surface area contributed by atoms with Crippen LogP contribution in [0.4, 0.5) is 4.79 Å². The molecule has 3 N–H and O–H groups in total. The molecule has 2 amide bonds. The van der Waals surface area contributed by atoms with Crippen molar-refractivity contribution in [3.8, 4) is 0 Å². The summed E-state index contributed by atoms with van der Waals surface area (Å²) in [5, 5.41) is 14.5. The molecular weight excluding hydrogens is 322 g/mol. The minimum Gasteiger partial charge on any atom is -0.481 e. The number of aromatic nitrogens is 1. The van der Waals surface area contributed by atoms with Gasteiger partial charge in [-0.1, -0.05) is 30.3 Å². The van der Waals surface area contributed by atoms with Crippen LogP contribution in [-0.2, 0) is 11.2 Å². The molecule has 1 heterocycles. The lowest BCUT2D eigenvalue weighted by atomic mass is 10.0. The number of hydrogen-bond acceptors (Lipinski definition) is 4. The summed E-state index contributed by atoms with van der Waals surface area (Å²) in [5.41, 5.74) is 1.04. The van der Waals surface area contributed by atoms with E-state index in [9.17, 15) is 9.59 Å². The Hall–Kier alpha value is -2.83. The van der Waals surface area contributed by atoms with Crippen LogP contribution >= 0.6 is 0 Å². The maximum absolute atomic E-state index is 12.2. The molecule has 0 saturated carbocycles. The highest BCUT2D eigenvalue weighted by Crippen LogP contribution is 2.12. The molecule has 2 aromatic rings. The Balaban J connectivity index is 1.94. The standard InChI is InChI=1S/C18H23N3O4/c1-12-11-19-17(25-12)13(2)20-18(24)21-15(8-9-16(22)23)10-14-6-4-3-5-7-14/h3-7,11,13,15H,8-10H2,1-2H3,(H,22,23)(H2,20,21,24). The number of carboxylic acids is 1. The Morgan fingerprint density at radius 1 is 1.24 bits per heavy atom. The third-order valence-corrected chi connectivity index (χ3v) is 3.72. The molecule has 7 heteroatoms. The number of amides is 2. The average molecular weight is 345 g/mol. The number of hydrogen-bond donors (Lipinski definition) is 3. The second kappa shape index (κ2) is 8.86. The fourth-order valence-corrected chi connectivity index (χ4v) is 2.48. The first kappa shape index (κ1) is 18.5. The van der Waals surface area contributed by atoms with E-state index < -0.39 is 5.97 Å². The zero-order valence-corrected chi connectivity index (χ0v) is 14.4. The molecule has 0 saturated heterocycles. The van der Waals surface area contributed by atoms with Gasteiger partial charge in [0.15, 0.2) is 0 Å². The summed E-state index contributed by atoms with van der Waals surface area (Å²) in [6, 6.07) is 8.59. The first-order valence-electron chi connectivity index (χ1n) is 8.19. The van der Waals surface area contributed by atoms with E-state index in [2.05, 4.69) is 15.6 Å². The Morgan fingerprint density at radius 3 is 2.56 bits per heavy atom. The van der Waals surface area contributed by atoms with E-state index in [1.165, 1.54) is 0 Å². The zero-order chi connectivity index (χ0) is 18.2. The second-order valence-corrected chi connectivity index (χ2v) is 5.97. The molecule has 2 rings (SSSR count). The van der Waals surface area contributed by atoms with Crippen molar-refractivity contribution in [2.75, 3.05) is 0 Å². The predicted octanol–water partition coefficient (Wildman–Crippen LogP) is 2.82. The first-order chi connectivity index (χ1) is 11.9. The van der Waals surface area contributed by atoms with Gasteiger partial charge in [0.05, 0.1) is 6.20 Å². The number of carbonyl (C=O) groups excluding carboxylic acids is 1. The number of aliphatic carboxylic acids is 1. The SMILES string of the molecule is Cc1cnc(C(C)NC(=O)NC(CCC(=O)O)Cc2ccccc2)o1. The van der Waals surface area contributed by atoms with Gasteiger partial charge in [0.1, 0.15) is 11.8 Å².